The number of carbonyl (C=O) groups excluding carboxylic acids is 1. The quantitative estimate of drug-likeness (QED) is 0.427. The molecular weight excluding hydrogens is 316 g/mol. The summed E-state index contributed by atoms with van der Waals surface area (Å²) in [6.45, 7) is 2.04. The zero-order valence-electron chi connectivity index (χ0n) is 13.4. The van der Waals surface area contributed by atoms with Crippen molar-refractivity contribution in [3.05, 3.63) is 77.9 Å². The summed E-state index contributed by atoms with van der Waals surface area (Å²) in [5.41, 5.74) is 4.78. The van der Waals surface area contributed by atoms with Gasteiger partial charge in [0, 0.05) is 10.5 Å². The van der Waals surface area contributed by atoms with Gasteiger partial charge in [-0.15, -0.1) is 11.8 Å². The molecule has 0 fully saturated rings. The molecule has 0 unspecified atom stereocenters. The number of nitrogens with zero attached hydrogens (tertiary/aromatic N) is 1. The van der Waals surface area contributed by atoms with Crippen LogP contribution in [0.5, 0.6) is 0 Å². The van der Waals surface area contributed by atoms with Crippen molar-refractivity contribution >= 4 is 34.7 Å². The number of hydrogen-bond acceptors (Lipinski definition) is 3. The second-order valence-corrected chi connectivity index (χ2v) is 6.51. The van der Waals surface area contributed by atoms with Gasteiger partial charge in [0.05, 0.1) is 12.0 Å². The molecule has 0 saturated carbocycles. The van der Waals surface area contributed by atoms with Crippen LogP contribution in [0.3, 0.4) is 0 Å². The van der Waals surface area contributed by atoms with Crippen molar-refractivity contribution in [2.45, 2.75) is 11.8 Å². The van der Waals surface area contributed by atoms with Crippen LogP contribution in [0.25, 0.3) is 10.8 Å². The highest BCUT2D eigenvalue weighted by atomic mass is 32.2. The molecule has 0 spiro atoms. The maximum atomic E-state index is 11.9. The minimum absolute atomic E-state index is 0.114. The van der Waals surface area contributed by atoms with Gasteiger partial charge >= 0.3 is 0 Å². The molecule has 1 N–H and O–H groups in total. The van der Waals surface area contributed by atoms with Gasteiger partial charge in [-0.25, -0.2) is 5.43 Å². The number of fused-ring (bicyclic) bond motifs is 1. The fraction of sp³-hybridized carbons (Fsp3) is 0.100. The van der Waals surface area contributed by atoms with E-state index in [1.54, 1.807) is 6.21 Å². The van der Waals surface area contributed by atoms with E-state index >= 15 is 0 Å². The fourth-order valence-electron chi connectivity index (χ4n) is 2.35. The predicted octanol–water partition coefficient (Wildman–Crippen LogP) is 4.39. The van der Waals surface area contributed by atoms with Crippen LogP contribution in [0.4, 0.5) is 0 Å². The molecule has 1 amide bonds. The Hall–Kier alpha value is -2.59. The normalized spacial score (nSPS) is 11.0. The first-order chi connectivity index (χ1) is 11.7. The van der Waals surface area contributed by atoms with E-state index in [0.717, 1.165) is 21.2 Å². The molecule has 0 bridgehead atoms. The summed E-state index contributed by atoms with van der Waals surface area (Å²) < 4.78 is 0. The Kier molecular flexibility index (Phi) is 5.29. The Bertz CT molecular complexity index is 867. The van der Waals surface area contributed by atoms with Crippen LogP contribution in [-0.4, -0.2) is 17.9 Å². The van der Waals surface area contributed by atoms with Gasteiger partial charge in [-0.2, -0.15) is 5.10 Å². The van der Waals surface area contributed by atoms with Gasteiger partial charge in [-0.05, 0) is 29.8 Å². The standard InChI is InChI=1S/C20H18N2OS/c1-15-9-11-18(12-10-15)24-14-20(23)22-21-13-17-7-4-6-16-5-2-3-8-19(16)17/h2-13H,14H2,1H3,(H,22,23)/b21-13+. The molecule has 3 aromatic carbocycles. The van der Waals surface area contributed by atoms with E-state index in [-0.39, 0.29) is 5.91 Å². The average Bonchev–Trinajstić information content (AvgIpc) is 2.61. The van der Waals surface area contributed by atoms with Gasteiger partial charge in [-0.3, -0.25) is 4.79 Å². The molecule has 0 aromatic heterocycles. The van der Waals surface area contributed by atoms with Crippen LogP contribution in [0.2, 0.25) is 0 Å². The molecule has 3 rings (SSSR count). The van der Waals surface area contributed by atoms with Crippen molar-refractivity contribution in [2.24, 2.45) is 5.10 Å². The Morgan fingerprint density at radius 2 is 1.79 bits per heavy atom. The maximum absolute atomic E-state index is 11.9. The average molecular weight is 334 g/mol. The number of benzene rings is 3. The van der Waals surface area contributed by atoms with E-state index < -0.39 is 0 Å². The molecule has 0 aliphatic carbocycles. The van der Waals surface area contributed by atoms with Crippen LogP contribution in [0.15, 0.2) is 76.7 Å². The first kappa shape index (κ1) is 16.3. The second-order valence-electron chi connectivity index (χ2n) is 5.46. The van der Waals surface area contributed by atoms with E-state index in [1.165, 1.54) is 17.3 Å². The van der Waals surface area contributed by atoms with Crippen LogP contribution in [0, 0.1) is 6.92 Å². The van der Waals surface area contributed by atoms with E-state index in [2.05, 4.69) is 22.7 Å². The molecule has 4 heteroatoms. The zero-order chi connectivity index (χ0) is 16.8. The lowest BCUT2D eigenvalue weighted by Crippen LogP contribution is -2.19. The van der Waals surface area contributed by atoms with E-state index in [9.17, 15) is 4.79 Å². The summed E-state index contributed by atoms with van der Waals surface area (Å²) in [5.74, 6) is 0.229. The summed E-state index contributed by atoms with van der Waals surface area (Å²) >= 11 is 1.50. The highest BCUT2D eigenvalue weighted by Gasteiger charge is 2.02. The number of carbonyl (C=O) groups is 1. The van der Waals surface area contributed by atoms with Gasteiger partial charge in [0.15, 0.2) is 0 Å². The molecular formula is C20H18N2OS. The minimum atomic E-state index is -0.114. The summed E-state index contributed by atoms with van der Waals surface area (Å²) in [7, 11) is 0. The Morgan fingerprint density at radius 1 is 1.04 bits per heavy atom. The second kappa shape index (κ2) is 7.79. The van der Waals surface area contributed by atoms with E-state index in [0.29, 0.717) is 5.75 Å². The van der Waals surface area contributed by atoms with Gasteiger partial charge in [0.2, 0.25) is 5.91 Å². The minimum Gasteiger partial charge on any atom is -0.272 e. The Labute approximate surface area is 145 Å². The molecule has 0 aliphatic heterocycles. The number of hydrogen-bond donors (Lipinski definition) is 1. The molecule has 0 aliphatic rings. The first-order valence-corrected chi connectivity index (χ1v) is 8.70. The first-order valence-electron chi connectivity index (χ1n) is 7.71. The van der Waals surface area contributed by atoms with Crippen molar-refractivity contribution in [3.63, 3.8) is 0 Å². The topological polar surface area (TPSA) is 41.5 Å². The third-order valence-corrected chi connectivity index (χ3v) is 4.62. The highest BCUT2D eigenvalue weighted by Crippen LogP contribution is 2.18. The van der Waals surface area contributed by atoms with Gasteiger partial charge in [0.1, 0.15) is 0 Å². The number of aryl methyl sites for hydroxylation is 1. The van der Waals surface area contributed by atoms with Crippen molar-refractivity contribution < 1.29 is 4.79 Å². The van der Waals surface area contributed by atoms with Crippen molar-refractivity contribution in [1.82, 2.24) is 5.43 Å². The van der Waals surface area contributed by atoms with E-state index in [4.69, 9.17) is 0 Å². The summed E-state index contributed by atoms with van der Waals surface area (Å²) in [4.78, 5) is 13.0. The van der Waals surface area contributed by atoms with Gasteiger partial charge in [0.25, 0.3) is 0 Å². The summed E-state index contributed by atoms with van der Waals surface area (Å²) in [6, 6.07) is 22.3. The lowest BCUT2D eigenvalue weighted by molar-refractivity contribution is -0.118. The third-order valence-electron chi connectivity index (χ3n) is 3.61. The van der Waals surface area contributed by atoms with Gasteiger partial charge < -0.3 is 0 Å². The Balaban J connectivity index is 1.57. The number of nitrogens with one attached hydrogen (secondary N) is 1. The summed E-state index contributed by atoms with van der Waals surface area (Å²) in [5, 5.41) is 6.35. The molecule has 120 valence electrons. The number of amides is 1. The van der Waals surface area contributed by atoms with Crippen LogP contribution < -0.4 is 5.43 Å². The fourth-order valence-corrected chi connectivity index (χ4v) is 3.04. The van der Waals surface area contributed by atoms with Crippen LogP contribution in [0.1, 0.15) is 11.1 Å². The number of rotatable bonds is 5. The molecule has 24 heavy (non-hydrogen) atoms. The van der Waals surface area contributed by atoms with Crippen LogP contribution >= 0.6 is 11.8 Å². The van der Waals surface area contributed by atoms with Crippen LogP contribution in [-0.2, 0) is 4.79 Å². The third kappa shape index (κ3) is 4.24. The van der Waals surface area contributed by atoms with E-state index in [1.807, 2.05) is 61.5 Å². The molecule has 3 nitrogen and oxygen atoms in total. The number of hydrazone groups is 1. The molecule has 0 heterocycles. The monoisotopic (exact) mass is 334 g/mol. The predicted molar refractivity (Wildman–Crippen MR) is 102 cm³/mol. The highest BCUT2D eigenvalue weighted by molar-refractivity contribution is 8.00. The molecule has 0 radical (unpaired) electrons. The molecule has 0 saturated heterocycles. The number of thioether (sulfide) groups is 1. The Morgan fingerprint density at radius 3 is 2.62 bits per heavy atom. The lowest BCUT2D eigenvalue weighted by Gasteiger charge is -2.03. The smallest absolute Gasteiger partial charge is 0.250 e. The van der Waals surface area contributed by atoms with Crippen molar-refractivity contribution in [1.29, 1.82) is 0 Å². The molecule has 3 aromatic rings. The SMILES string of the molecule is Cc1ccc(SCC(=O)N/N=C/c2cccc3ccccc23)cc1. The summed E-state index contributed by atoms with van der Waals surface area (Å²) in [6.07, 6.45) is 1.69. The van der Waals surface area contributed by atoms with Crippen molar-refractivity contribution in [2.75, 3.05) is 5.75 Å². The largest absolute Gasteiger partial charge is 0.272 e. The lowest BCUT2D eigenvalue weighted by atomic mass is 10.1. The van der Waals surface area contributed by atoms with Gasteiger partial charge in [-0.1, -0.05) is 60.2 Å². The zero-order valence-corrected chi connectivity index (χ0v) is 14.2. The maximum Gasteiger partial charge on any atom is 0.250 e. The van der Waals surface area contributed by atoms with Crippen molar-refractivity contribution in [3.8, 4) is 0 Å². The molecule has 0 atom stereocenters.